The maximum absolute atomic E-state index is 12.3. The fourth-order valence-electron chi connectivity index (χ4n) is 2.36. The number of anilines is 2. The molecule has 1 aromatic carbocycles. The summed E-state index contributed by atoms with van der Waals surface area (Å²) in [6.07, 6.45) is 4.96. The molecule has 2 aromatic heterocycles. The monoisotopic (exact) mass is 346 g/mol. The molecule has 0 atom stereocenters. The lowest BCUT2D eigenvalue weighted by atomic mass is 10.1. The second-order valence-electron chi connectivity index (χ2n) is 5.73. The Kier molecular flexibility index (Phi) is 5.34. The molecule has 26 heavy (non-hydrogen) atoms. The fraction of sp³-hybridized carbons (Fsp3) is 0.100. The maximum Gasteiger partial charge on any atom is 0.270 e. The summed E-state index contributed by atoms with van der Waals surface area (Å²) in [4.78, 5) is 31.7. The number of hydrogen-bond acceptors (Lipinski definition) is 5. The normalized spacial score (nSPS) is 10.2. The number of nitrogens with zero attached hydrogens (tertiary/aromatic N) is 2. The molecule has 0 saturated heterocycles. The number of pyridine rings is 2. The molecule has 3 aromatic rings. The predicted octanol–water partition coefficient (Wildman–Crippen LogP) is 3.35. The van der Waals surface area contributed by atoms with Gasteiger partial charge in [-0.15, -0.1) is 0 Å². The standard InChI is InChI=1S/C20H18N4O2/c1-14(25)16-4-6-17(7-5-16)24-18-8-10-22-19(11-18)20(26)23-13-15-3-2-9-21-12-15/h2-12H,13H2,1H3,(H,22,24)(H,23,26). The van der Waals surface area contributed by atoms with Crippen LogP contribution in [0.2, 0.25) is 0 Å². The number of benzene rings is 1. The van der Waals surface area contributed by atoms with Gasteiger partial charge in [-0.2, -0.15) is 0 Å². The molecule has 2 N–H and O–H groups in total. The van der Waals surface area contributed by atoms with Gasteiger partial charge in [-0.3, -0.25) is 19.6 Å². The van der Waals surface area contributed by atoms with Gasteiger partial charge in [0.15, 0.2) is 5.78 Å². The molecule has 0 radical (unpaired) electrons. The predicted molar refractivity (Wildman–Crippen MR) is 99.4 cm³/mol. The average Bonchev–Trinajstić information content (AvgIpc) is 2.67. The zero-order valence-electron chi connectivity index (χ0n) is 14.3. The molecule has 0 aliphatic carbocycles. The Morgan fingerprint density at radius 1 is 1.00 bits per heavy atom. The third-order valence-electron chi connectivity index (χ3n) is 3.75. The summed E-state index contributed by atoms with van der Waals surface area (Å²) in [7, 11) is 0. The number of ketones is 1. The van der Waals surface area contributed by atoms with Crippen molar-refractivity contribution in [3.05, 3.63) is 83.9 Å². The largest absolute Gasteiger partial charge is 0.355 e. The zero-order chi connectivity index (χ0) is 18.4. The van der Waals surface area contributed by atoms with Gasteiger partial charge in [-0.05, 0) is 55.0 Å². The van der Waals surface area contributed by atoms with Gasteiger partial charge in [0.2, 0.25) is 0 Å². The summed E-state index contributed by atoms with van der Waals surface area (Å²) in [6.45, 7) is 1.92. The van der Waals surface area contributed by atoms with Gasteiger partial charge in [0.25, 0.3) is 5.91 Å². The topological polar surface area (TPSA) is 84.0 Å². The van der Waals surface area contributed by atoms with Crippen LogP contribution >= 0.6 is 0 Å². The van der Waals surface area contributed by atoms with Gasteiger partial charge >= 0.3 is 0 Å². The van der Waals surface area contributed by atoms with Crippen LogP contribution < -0.4 is 10.6 Å². The Morgan fingerprint density at radius 3 is 2.50 bits per heavy atom. The highest BCUT2D eigenvalue weighted by atomic mass is 16.1. The Bertz CT molecular complexity index is 909. The molecule has 130 valence electrons. The van der Waals surface area contributed by atoms with E-state index in [0.717, 1.165) is 16.9 Å². The minimum Gasteiger partial charge on any atom is -0.355 e. The molecular formula is C20H18N4O2. The summed E-state index contributed by atoms with van der Waals surface area (Å²) < 4.78 is 0. The number of aromatic nitrogens is 2. The number of Topliss-reactive ketones (excluding diaryl/α,β-unsaturated/α-hetero) is 1. The van der Waals surface area contributed by atoms with Crippen LogP contribution in [0.25, 0.3) is 0 Å². The van der Waals surface area contributed by atoms with Gasteiger partial charge in [0, 0.05) is 42.1 Å². The molecular weight excluding hydrogens is 328 g/mol. The van der Waals surface area contributed by atoms with E-state index < -0.39 is 0 Å². The summed E-state index contributed by atoms with van der Waals surface area (Å²) in [5.74, 6) is -0.238. The third kappa shape index (κ3) is 4.51. The zero-order valence-corrected chi connectivity index (χ0v) is 14.3. The van der Waals surface area contributed by atoms with E-state index in [2.05, 4.69) is 20.6 Å². The minimum absolute atomic E-state index is 0.0213. The van der Waals surface area contributed by atoms with Crippen LogP contribution in [0.15, 0.2) is 67.1 Å². The van der Waals surface area contributed by atoms with E-state index in [1.807, 2.05) is 24.3 Å². The lowest BCUT2D eigenvalue weighted by Crippen LogP contribution is -2.23. The molecule has 6 nitrogen and oxygen atoms in total. The highest BCUT2D eigenvalue weighted by Gasteiger charge is 2.08. The van der Waals surface area contributed by atoms with E-state index in [4.69, 9.17) is 0 Å². The van der Waals surface area contributed by atoms with Crippen molar-refractivity contribution in [1.82, 2.24) is 15.3 Å². The van der Waals surface area contributed by atoms with Gasteiger partial charge in [0.05, 0.1) is 0 Å². The number of hydrogen-bond donors (Lipinski definition) is 2. The summed E-state index contributed by atoms with van der Waals surface area (Å²) in [5.41, 5.74) is 3.45. The lowest BCUT2D eigenvalue weighted by molar-refractivity contribution is 0.0945. The van der Waals surface area contributed by atoms with Crippen molar-refractivity contribution < 1.29 is 9.59 Å². The molecule has 6 heteroatoms. The van der Waals surface area contributed by atoms with Crippen LogP contribution in [0.4, 0.5) is 11.4 Å². The van der Waals surface area contributed by atoms with Crippen molar-refractivity contribution >= 4 is 23.1 Å². The summed E-state index contributed by atoms with van der Waals surface area (Å²) in [6, 6.07) is 14.3. The number of carbonyl (C=O) groups is 2. The first kappa shape index (κ1) is 17.3. The quantitative estimate of drug-likeness (QED) is 0.669. The van der Waals surface area contributed by atoms with Gasteiger partial charge < -0.3 is 10.6 Å². The van der Waals surface area contributed by atoms with Crippen LogP contribution in [-0.2, 0) is 6.54 Å². The van der Waals surface area contributed by atoms with Gasteiger partial charge in [-0.1, -0.05) is 6.07 Å². The van der Waals surface area contributed by atoms with Crippen LogP contribution in [-0.4, -0.2) is 21.7 Å². The third-order valence-corrected chi connectivity index (χ3v) is 3.75. The van der Waals surface area contributed by atoms with Gasteiger partial charge in [0.1, 0.15) is 5.69 Å². The van der Waals surface area contributed by atoms with E-state index in [0.29, 0.717) is 17.8 Å². The Labute approximate surface area is 151 Å². The van der Waals surface area contributed by atoms with Gasteiger partial charge in [-0.25, -0.2) is 0 Å². The lowest BCUT2D eigenvalue weighted by Gasteiger charge is -2.09. The molecule has 0 bridgehead atoms. The van der Waals surface area contributed by atoms with Crippen molar-refractivity contribution in [1.29, 1.82) is 0 Å². The molecule has 0 unspecified atom stereocenters. The SMILES string of the molecule is CC(=O)c1ccc(Nc2ccnc(C(=O)NCc3cccnc3)c2)cc1. The van der Waals surface area contributed by atoms with Crippen LogP contribution in [0, 0.1) is 0 Å². The highest BCUT2D eigenvalue weighted by molar-refractivity contribution is 5.94. The van der Waals surface area contributed by atoms with Crippen LogP contribution in [0.3, 0.4) is 0 Å². The molecule has 0 aliphatic heterocycles. The van der Waals surface area contributed by atoms with E-state index in [1.54, 1.807) is 42.9 Å². The Balaban J connectivity index is 1.65. The number of amides is 1. The minimum atomic E-state index is -0.260. The number of nitrogens with one attached hydrogen (secondary N) is 2. The van der Waals surface area contributed by atoms with Crippen molar-refractivity contribution in [2.45, 2.75) is 13.5 Å². The average molecular weight is 346 g/mol. The first-order valence-electron chi connectivity index (χ1n) is 8.13. The summed E-state index contributed by atoms with van der Waals surface area (Å²) in [5, 5.41) is 6.02. The van der Waals surface area contributed by atoms with Crippen LogP contribution in [0.5, 0.6) is 0 Å². The smallest absolute Gasteiger partial charge is 0.270 e. The first-order valence-corrected chi connectivity index (χ1v) is 8.13. The second kappa shape index (κ2) is 8.02. The van der Waals surface area contributed by atoms with Crippen molar-refractivity contribution in [3.63, 3.8) is 0 Å². The molecule has 3 rings (SSSR count). The van der Waals surface area contributed by atoms with E-state index in [9.17, 15) is 9.59 Å². The summed E-state index contributed by atoms with van der Waals surface area (Å²) >= 11 is 0. The molecule has 2 heterocycles. The van der Waals surface area contributed by atoms with Crippen LogP contribution in [0.1, 0.15) is 33.3 Å². The van der Waals surface area contributed by atoms with Crippen molar-refractivity contribution in [2.24, 2.45) is 0 Å². The molecule has 0 fully saturated rings. The number of carbonyl (C=O) groups excluding carboxylic acids is 2. The number of rotatable bonds is 6. The van der Waals surface area contributed by atoms with E-state index >= 15 is 0 Å². The first-order chi connectivity index (χ1) is 12.6. The maximum atomic E-state index is 12.3. The molecule has 0 spiro atoms. The Morgan fingerprint density at radius 2 is 1.81 bits per heavy atom. The highest BCUT2D eigenvalue weighted by Crippen LogP contribution is 2.17. The molecule has 0 aliphatic rings. The molecule has 1 amide bonds. The van der Waals surface area contributed by atoms with E-state index in [1.165, 1.54) is 6.92 Å². The van der Waals surface area contributed by atoms with Crippen molar-refractivity contribution in [2.75, 3.05) is 5.32 Å². The second-order valence-corrected chi connectivity index (χ2v) is 5.73. The Hall–Kier alpha value is -3.54. The molecule has 0 saturated carbocycles. The van der Waals surface area contributed by atoms with Crippen molar-refractivity contribution in [3.8, 4) is 0 Å². The fourth-order valence-corrected chi connectivity index (χ4v) is 2.36. The van der Waals surface area contributed by atoms with E-state index in [-0.39, 0.29) is 11.7 Å².